The number of ether oxygens (including phenoxy) is 6. The molecule has 38 heavy (non-hydrogen) atoms. The second-order valence-electron chi connectivity index (χ2n) is 12.1. The van der Waals surface area contributed by atoms with Gasteiger partial charge in [-0.05, 0) is 40.7 Å². The van der Waals surface area contributed by atoms with Crippen LogP contribution in [0.1, 0.15) is 98.8 Å². The van der Waals surface area contributed by atoms with Gasteiger partial charge in [-0.2, -0.15) is 0 Å². The molecule has 9 heteroatoms. The molecule has 0 aromatic heterocycles. The van der Waals surface area contributed by atoms with Crippen LogP contribution in [0.15, 0.2) is 0 Å². The maximum Gasteiger partial charge on any atom is 0.190 e. The molecule has 3 heterocycles. The smallest absolute Gasteiger partial charge is 0.190 e. The molecule has 3 rings (SSSR count). The van der Waals surface area contributed by atoms with Gasteiger partial charge in [-0.15, -0.1) is 0 Å². The Morgan fingerprint density at radius 1 is 0.763 bits per heavy atom. The van der Waals surface area contributed by atoms with Crippen LogP contribution in [-0.2, 0) is 28.4 Å². The fourth-order valence-electron chi connectivity index (χ4n) is 5.76. The standard InChI is InChI=1S/C29H55NO8/c1-6-7-8-9-10-11-12-13-14-15-16-30(17-18-31)19-22(32)20-33-21-23-24-25(36-28(2,3)35-24)26-27(34-23)38-29(4,5)37-26/h22-27,31-32H,6-21H2,1-5H3/t22?,23-,24+,25+,26-,27-/m1/s1. The zero-order valence-electron chi connectivity index (χ0n) is 24.6. The van der Waals surface area contributed by atoms with E-state index in [9.17, 15) is 10.2 Å². The molecule has 3 aliphatic rings. The van der Waals surface area contributed by atoms with Crippen LogP contribution in [-0.4, -0.2) is 103 Å². The number of aliphatic hydroxyl groups is 2. The summed E-state index contributed by atoms with van der Waals surface area (Å²) < 4.78 is 36.3. The van der Waals surface area contributed by atoms with Gasteiger partial charge in [0.1, 0.15) is 24.4 Å². The molecule has 0 bridgehead atoms. The van der Waals surface area contributed by atoms with Crippen molar-refractivity contribution in [3.05, 3.63) is 0 Å². The molecule has 0 amide bonds. The fourth-order valence-corrected chi connectivity index (χ4v) is 5.76. The predicted octanol–water partition coefficient (Wildman–Crippen LogP) is 3.98. The number of fused-ring (bicyclic) bond motifs is 3. The predicted molar refractivity (Wildman–Crippen MR) is 145 cm³/mol. The molecule has 9 nitrogen and oxygen atoms in total. The van der Waals surface area contributed by atoms with Crippen LogP contribution < -0.4 is 0 Å². The summed E-state index contributed by atoms with van der Waals surface area (Å²) in [5.74, 6) is -1.51. The summed E-state index contributed by atoms with van der Waals surface area (Å²) in [6.45, 7) is 12.2. The molecule has 0 aromatic carbocycles. The minimum atomic E-state index is -0.758. The number of nitrogens with zero attached hydrogens (tertiary/aromatic N) is 1. The molecular formula is C29H55NO8. The zero-order chi connectivity index (χ0) is 27.6. The Hall–Kier alpha value is -0.360. The van der Waals surface area contributed by atoms with Crippen molar-refractivity contribution in [1.82, 2.24) is 4.90 Å². The molecule has 3 saturated heterocycles. The molecular weight excluding hydrogens is 490 g/mol. The second kappa shape index (κ2) is 15.6. The molecule has 0 saturated carbocycles. The molecule has 0 aromatic rings. The van der Waals surface area contributed by atoms with Gasteiger partial charge in [0.2, 0.25) is 0 Å². The van der Waals surface area contributed by atoms with E-state index in [2.05, 4.69) is 11.8 Å². The third-order valence-electron chi connectivity index (χ3n) is 7.56. The van der Waals surface area contributed by atoms with Crippen LogP contribution in [0.2, 0.25) is 0 Å². The number of rotatable bonds is 19. The van der Waals surface area contributed by atoms with Crippen molar-refractivity contribution in [2.45, 2.75) is 147 Å². The van der Waals surface area contributed by atoms with Crippen LogP contribution in [0.3, 0.4) is 0 Å². The lowest BCUT2D eigenvalue weighted by Gasteiger charge is -2.37. The van der Waals surface area contributed by atoms with Crippen LogP contribution in [0.4, 0.5) is 0 Å². The Bertz CT molecular complexity index is 662. The van der Waals surface area contributed by atoms with Crippen LogP contribution in [0.5, 0.6) is 0 Å². The Balaban J connectivity index is 1.34. The van der Waals surface area contributed by atoms with Crippen molar-refractivity contribution in [2.75, 3.05) is 39.5 Å². The van der Waals surface area contributed by atoms with E-state index < -0.39 is 30.1 Å². The molecule has 0 aliphatic carbocycles. The number of unbranched alkanes of at least 4 members (excludes halogenated alkanes) is 9. The van der Waals surface area contributed by atoms with E-state index in [0.29, 0.717) is 13.1 Å². The van der Waals surface area contributed by atoms with E-state index in [4.69, 9.17) is 28.4 Å². The Kier molecular flexibility index (Phi) is 13.2. The monoisotopic (exact) mass is 545 g/mol. The first kappa shape index (κ1) is 32.2. The van der Waals surface area contributed by atoms with Crippen molar-refractivity contribution in [2.24, 2.45) is 0 Å². The lowest BCUT2D eigenvalue weighted by molar-refractivity contribution is -0.244. The Morgan fingerprint density at radius 3 is 2.00 bits per heavy atom. The van der Waals surface area contributed by atoms with Gasteiger partial charge in [-0.1, -0.05) is 64.7 Å². The Labute approximate surface area is 230 Å². The maximum absolute atomic E-state index is 10.6. The first-order chi connectivity index (χ1) is 18.1. The third-order valence-corrected chi connectivity index (χ3v) is 7.56. The summed E-state index contributed by atoms with van der Waals surface area (Å²) >= 11 is 0. The lowest BCUT2D eigenvalue weighted by Crippen LogP contribution is -2.56. The largest absolute Gasteiger partial charge is 0.395 e. The SMILES string of the molecule is CCCCCCCCCCCCN(CCO)CC(O)COC[C@H]1O[C@@H]2OC(C)(C)O[C@@H]2[C@H]2OC(C)(C)O[C@H]21. The van der Waals surface area contributed by atoms with Crippen LogP contribution >= 0.6 is 0 Å². The highest BCUT2D eigenvalue weighted by Gasteiger charge is 2.60. The molecule has 2 N–H and O–H groups in total. The van der Waals surface area contributed by atoms with Gasteiger partial charge in [-0.3, -0.25) is 4.90 Å². The van der Waals surface area contributed by atoms with Gasteiger partial charge in [0.25, 0.3) is 0 Å². The van der Waals surface area contributed by atoms with Crippen molar-refractivity contribution in [3.63, 3.8) is 0 Å². The van der Waals surface area contributed by atoms with Crippen LogP contribution in [0, 0.1) is 0 Å². The minimum Gasteiger partial charge on any atom is -0.395 e. The summed E-state index contributed by atoms with van der Waals surface area (Å²) in [6, 6.07) is 0. The van der Waals surface area contributed by atoms with Gasteiger partial charge in [0.15, 0.2) is 17.9 Å². The van der Waals surface area contributed by atoms with E-state index in [1.54, 1.807) is 0 Å². The van der Waals surface area contributed by atoms with Crippen molar-refractivity contribution < 1.29 is 38.6 Å². The Morgan fingerprint density at radius 2 is 1.34 bits per heavy atom. The number of hydrogen-bond acceptors (Lipinski definition) is 9. The lowest BCUT2D eigenvalue weighted by atomic mass is 9.99. The highest BCUT2D eigenvalue weighted by molar-refractivity contribution is 5.00. The highest BCUT2D eigenvalue weighted by Crippen LogP contribution is 2.44. The molecule has 0 radical (unpaired) electrons. The van der Waals surface area contributed by atoms with E-state index in [0.717, 1.165) is 13.0 Å². The quantitative estimate of drug-likeness (QED) is 0.234. The summed E-state index contributed by atoms with van der Waals surface area (Å²) in [6.07, 6.45) is 10.3. The van der Waals surface area contributed by atoms with Gasteiger partial charge >= 0.3 is 0 Å². The van der Waals surface area contributed by atoms with Gasteiger partial charge in [0.05, 0.1) is 25.9 Å². The highest BCUT2D eigenvalue weighted by atomic mass is 16.9. The molecule has 224 valence electrons. The first-order valence-electron chi connectivity index (χ1n) is 15.1. The minimum absolute atomic E-state index is 0.0818. The maximum atomic E-state index is 10.6. The van der Waals surface area contributed by atoms with Crippen molar-refractivity contribution in [1.29, 1.82) is 0 Å². The second-order valence-corrected chi connectivity index (χ2v) is 12.1. The normalized spacial score (nSPS) is 30.5. The van der Waals surface area contributed by atoms with Crippen LogP contribution in [0.25, 0.3) is 0 Å². The van der Waals surface area contributed by atoms with E-state index in [-0.39, 0.29) is 38.1 Å². The van der Waals surface area contributed by atoms with Gasteiger partial charge in [-0.25, -0.2) is 0 Å². The average molecular weight is 546 g/mol. The van der Waals surface area contributed by atoms with E-state index in [1.807, 2.05) is 27.7 Å². The van der Waals surface area contributed by atoms with E-state index in [1.165, 1.54) is 57.8 Å². The van der Waals surface area contributed by atoms with Crippen molar-refractivity contribution >= 4 is 0 Å². The van der Waals surface area contributed by atoms with Crippen molar-refractivity contribution in [3.8, 4) is 0 Å². The third kappa shape index (κ3) is 10.2. The molecule has 3 fully saturated rings. The first-order valence-corrected chi connectivity index (χ1v) is 15.1. The number of aliphatic hydroxyl groups excluding tert-OH is 2. The summed E-state index contributed by atoms with van der Waals surface area (Å²) in [7, 11) is 0. The zero-order valence-corrected chi connectivity index (χ0v) is 24.6. The summed E-state index contributed by atoms with van der Waals surface area (Å²) in [4.78, 5) is 2.12. The fraction of sp³-hybridized carbons (Fsp3) is 1.00. The topological polar surface area (TPSA) is 99.1 Å². The molecule has 6 atom stereocenters. The molecule has 0 spiro atoms. The average Bonchev–Trinajstić information content (AvgIpc) is 3.34. The molecule has 1 unspecified atom stereocenters. The summed E-state index contributed by atoms with van der Waals surface area (Å²) in [5.41, 5.74) is 0. The summed E-state index contributed by atoms with van der Waals surface area (Å²) in [5, 5.41) is 20.1. The number of hydrogen-bond donors (Lipinski definition) is 2. The molecule has 3 aliphatic heterocycles. The van der Waals surface area contributed by atoms with Gasteiger partial charge < -0.3 is 38.6 Å². The van der Waals surface area contributed by atoms with Gasteiger partial charge in [0, 0.05) is 13.1 Å². The van der Waals surface area contributed by atoms with E-state index >= 15 is 0 Å².